The van der Waals surface area contributed by atoms with Crippen LogP contribution in [0.25, 0.3) is 0 Å². The fraction of sp³-hybridized carbons (Fsp3) is 0.923. The molecule has 1 saturated carbocycles. The van der Waals surface area contributed by atoms with E-state index in [2.05, 4.69) is 9.80 Å². The number of ether oxygens (including phenoxy) is 1. The SMILES string of the molecule is COC1CCC(CN=C(N(C)C)N(C)C)CC1. The van der Waals surface area contributed by atoms with Crippen molar-refractivity contribution in [2.75, 3.05) is 41.8 Å². The molecule has 17 heavy (non-hydrogen) atoms. The normalized spacial score (nSPS) is 24.3. The highest BCUT2D eigenvalue weighted by atomic mass is 16.5. The van der Waals surface area contributed by atoms with Crippen LogP contribution in [0, 0.1) is 5.92 Å². The molecule has 0 amide bonds. The van der Waals surface area contributed by atoms with Crippen molar-refractivity contribution in [3.63, 3.8) is 0 Å². The summed E-state index contributed by atoms with van der Waals surface area (Å²) >= 11 is 0. The van der Waals surface area contributed by atoms with Crippen LogP contribution in [0.2, 0.25) is 0 Å². The summed E-state index contributed by atoms with van der Waals surface area (Å²) in [5.74, 6) is 1.79. The highest BCUT2D eigenvalue weighted by Crippen LogP contribution is 2.26. The summed E-state index contributed by atoms with van der Waals surface area (Å²) in [6.07, 6.45) is 5.36. The quantitative estimate of drug-likeness (QED) is 0.556. The van der Waals surface area contributed by atoms with Crippen molar-refractivity contribution in [2.45, 2.75) is 31.8 Å². The zero-order valence-corrected chi connectivity index (χ0v) is 11.9. The van der Waals surface area contributed by atoms with Gasteiger partial charge in [-0.2, -0.15) is 0 Å². The number of guanidine groups is 1. The van der Waals surface area contributed by atoms with Gasteiger partial charge in [0.15, 0.2) is 5.96 Å². The second kappa shape index (κ2) is 6.84. The molecule has 0 radical (unpaired) electrons. The smallest absolute Gasteiger partial charge is 0.195 e. The fourth-order valence-corrected chi connectivity index (χ4v) is 2.44. The number of hydrogen-bond acceptors (Lipinski definition) is 2. The lowest BCUT2D eigenvalue weighted by Gasteiger charge is -2.28. The first-order valence-corrected chi connectivity index (χ1v) is 6.46. The van der Waals surface area contributed by atoms with E-state index in [0.717, 1.165) is 18.4 Å². The van der Waals surface area contributed by atoms with Gasteiger partial charge in [-0.15, -0.1) is 0 Å². The Kier molecular flexibility index (Phi) is 5.75. The van der Waals surface area contributed by atoms with E-state index < -0.39 is 0 Å². The Balaban J connectivity index is 2.42. The Bertz CT molecular complexity index is 233. The molecule has 1 aliphatic rings. The Morgan fingerprint density at radius 2 is 1.59 bits per heavy atom. The molecule has 1 fully saturated rings. The first-order chi connectivity index (χ1) is 8.04. The zero-order valence-electron chi connectivity index (χ0n) is 11.9. The molecule has 0 atom stereocenters. The van der Waals surface area contributed by atoms with Gasteiger partial charge in [-0.1, -0.05) is 0 Å². The average molecular weight is 241 g/mol. The molecular weight excluding hydrogens is 214 g/mol. The van der Waals surface area contributed by atoms with Gasteiger partial charge in [-0.05, 0) is 31.6 Å². The van der Waals surface area contributed by atoms with Crippen LogP contribution in [0.1, 0.15) is 25.7 Å². The third-order valence-electron chi connectivity index (χ3n) is 3.42. The van der Waals surface area contributed by atoms with Gasteiger partial charge >= 0.3 is 0 Å². The van der Waals surface area contributed by atoms with Crippen LogP contribution in [-0.2, 0) is 4.74 Å². The van der Waals surface area contributed by atoms with E-state index in [1.807, 2.05) is 35.3 Å². The average Bonchev–Trinajstić information content (AvgIpc) is 2.29. The molecule has 0 aromatic carbocycles. The van der Waals surface area contributed by atoms with Crippen LogP contribution in [0.4, 0.5) is 0 Å². The highest BCUT2D eigenvalue weighted by molar-refractivity contribution is 5.79. The van der Waals surface area contributed by atoms with E-state index in [0.29, 0.717) is 6.10 Å². The van der Waals surface area contributed by atoms with Gasteiger partial charge in [0.05, 0.1) is 6.10 Å². The molecule has 4 heteroatoms. The molecule has 1 aliphatic carbocycles. The summed E-state index contributed by atoms with van der Waals surface area (Å²) in [6.45, 7) is 0.947. The van der Waals surface area contributed by atoms with Crippen molar-refractivity contribution < 1.29 is 4.74 Å². The topological polar surface area (TPSA) is 28.1 Å². The minimum Gasteiger partial charge on any atom is -0.381 e. The van der Waals surface area contributed by atoms with Crippen LogP contribution in [0.15, 0.2) is 4.99 Å². The molecule has 1 rings (SSSR count). The molecule has 4 nitrogen and oxygen atoms in total. The summed E-state index contributed by atoms with van der Waals surface area (Å²) in [6, 6.07) is 0. The van der Waals surface area contributed by atoms with Crippen molar-refractivity contribution in [1.82, 2.24) is 9.80 Å². The van der Waals surface area contributed by atoms with Gasteiger partial charge in [0.1, 0.15) is 0 Å². The molecule has 0 unspecified atom stereocenters. The third kappa shape index (κ3) is 4.54. The number of rotatable bonds is 3. The zero-order chi connectivity index (χ0) is 12.8. The molecule has 100 valence electrons. The first-order valence-electron chi connectivity index (χ1n) is 6.46. The summed E-state index contributed by atoms with van der Waals surface area (Å²) in [4.78, 5) is 8.87. The molecule has 0 aromatic heterocycles. The molecule has 0 spiro atoms. The number of nitrogens with zero attached hydrogens (tertiary/aromatic N) is 3. The van der Waals surface area contributed by atoms with Crippen molar-refractivity contribution in [3.8, 4) is 0 Å². The van der Waals surface area contributed by atoms with Gasteiger partial charge in [-0.25, -0.2) is 0 Å². The Labute approximate surface area is 106 Å². The minimum atomic E-state index is 0.484. The van der Waals surface area contributed by atoms with E-state index in [1.165, 1.54) is 25.7 Å². The fourth-order valence-electron chi connectivity index (χ4n) is 2.44. The van der Waals surface area contributed by atoms with E-state index in [-0.39, 0.29) is 0 Å². The molecular formula is C13H27N3O. The van der Waals surface area contributed by atoms with Crippen molar-refractivity contribution in [1.29, 1.82) is 0 Å². The van der Waals surface area contributed by atoms with Crippen LogP contribution in [-0.4, -0.2) is 63.7 Å². The Morgan fingerprint density at radius 3 is 2.00 bits per heavy atom. The second-order valence-corrected chi connectivity index (χ2v) is 5.31. The molecule has 0 heterocycles. The monoisotopic (exact) mass is 241 g/mol. The van der Waals surface area contributed by atoms with Gasteiger partial charge in [0.25, 0.3) is 0 Å². The molecule has 0 saturated heterocycles. The van der Waals surface area contributed by atoms with Crippen LogP contribution >= 0.6 is 0 Å². The van der Waals surface area contributed by atoms with Gasteiger partial charge in [-0.3, -0.25) is 4.99 Å². The van der Waals surface area contributed by atoms with Crippen molar-refractivity contribution in [2.24, 2.45) is 10.9 Å². The summed E-state index contributed by atoms with van der Waals surface area (Å²) in [7, 11) is 9.99. The summed E-state index contributed by atoms with van der Waals surface area (Å²) < 4.78 is 5.39. The van der Waals surface area contributed by atoms with Crippen LogP contribution in [0.5, 0.6) is 0 Å². The molecule has 0 N–H and O–H groups in total. The van der Waals surface area contributed by atoms with Crippen LogP contribution in [0.3, 0.4) is 0 Å². The lowest BCUT2D eigenvalue weighted by atomic mass is 9.87. The van der Waals surface area contributed by atoms with E-state index in [9.17, 15) is 0 Å². The predicted octanol–water partition coefficient (Wildman–Crippen LogP) is 1.67. The van der Waals surface area contributed by atoms with Gasteiger partial charge in [0.2, 0.25) is 0 Å². The minimum absolute atomic E-state index is 0.484. The predicted molar refractivity (Wildman–Crippen MR) is 72.4 cm³/mol. The van der Waals surface area contributed by atoms with Gasteiger partial charge < -0.3 is 14.5 Å². The third-order valence-corrected chi connectivity index (χ3v) is 3.42. The first kappa shape index (κ1) is 14.3. The summed E-state index contributed by atoms with van der Waals surface area (Å²) in [5, 5.41) is 0. The number of methoxy groups -OCH3 is 1. The molecule has 0 aromatic rings. The maximum Gasteiger partial charge on any atom is 0.195 e. The maximum absolute atomic E-state index is 5.39. The second-order valence-electron chi connectivity index (χ2n) is 5.31. The summed E-state index contributed by atoms with van der Waals surface area (Å²) in [5.41, 5.74) is 0. The standard InChI is InChI=1S/C13H27N3O/c1-15(2)13(16(3)4)14-10-11-6-8-12(17-5)9-7-11/h11-12H,6-10H2,1-5H3. The highest BCUT2D eigenvalue weighted by Gasteiger charge is 2.20. The molecule has 0 bridgehead atoms. The largest absolute Gasteiger partial charge is 0.381 e. The Hall–Kier alpha value is -0.770. The van der Waals surface area contributed by atoms with E-state index in [4.69, 9.17) is 9.73 Å². The Morgan fingerprint density at radius 1 is 1.06 bits per heavy atom. The molecule has 0 aliphatic heterocycles. The van der Waals surface area contributed by atoms with Crippen molar-refractivity contribution >= 4 is 5.96 Å². The number of hydrogen-bond donors (Lipinski definition) is 0. The number of aliphatic imine (C=N–C) groups is 1. The van der Waals surface area contributed by atoms with Crippen molar-refractivity contribution in [3.05, 3.63) is 0 Å². The lowest BCUT2D eigenvalue weighted by Crippen LogP contribution is -2.36. The maximum atomic E-state index is 5.39. The lowest BCUT2D eigenvalue weighted by molar-refractivity contribution is 0.0580. The van der Waals surface area contributed by atoms with E-state index >= 15 is 0 Å². The van der Waals surface area contributed by atoms with Gasteiger partial charge in [0, 0.05) is 41.8 Å². The van der Waals surface area contributed by atoms with Crippen LogP contribution < -0.4 is 0 Å². The van der Waals surface area contributed by atoms with E-state index in [1.54, 1.807) is 0 Å².